The molecule has 1 aromatic heterocycles. The molecule has 0 saturated carbocycles. The highest BCUT2D eigenvalue weighted by Gasteiger charge is 2.14. The summed E-state index contributed by atoms with van der Waals surface area (Å²) in [7, 11) is 0. The van der Waals surface area contributed by atoms with Crippen LogP contribution in [-0.4, -0.2) is 10.1 Å². The highest BCUT2D eigenvalue weighted by Crippen LogP contribution is 2.33. The molecule has 0 aliphatic carbocycles. The van der Waals surface area contributed by atoms with Crippen LogP contribution in [0.15, 0.2) is 24.3 Å². The van der Waals surface area contributed by atoms with Crippen LogP contribution >= 0.6 is 11.3 Å². The van der Waals surface area contributed by atoms with Crippen LogP contribution in [0.5, 0.6) is 5.06 Å². The Bertz CT molecular complexity index is 501. The molecule has 1 aromatic carbocycles. The molecule has 2 nitrogen and oxygen atoms in total. The van der Waals surface area contributed by atoms with E-state index >= 15 is 0 Å². The minimum atomic E-state index is 0.166. The molecule has 1 heterocycles. The molecule has 0 aliphatic rings. The highest BCUT2D eigenvalue weighted by molar-refractivity contribution is 7.16. The Morgan fingerprint density at radius 3 is 2.12 bits per heavy atom. The Morgan fingerprint density at radius 1 is 1.12 bits per heavy atom. The first-order chi connectivity index (χ1) is 7.88. The first-order valence-electron chi connectivity index (χ1n) is 5.65. The van der Waals surface area contributed by atoms with E-state index in [2.05, 4.69) is 50.0 Å². The molecule has 0 spiro atoms. The molecule has 1 N–H and O–H groups in total. The second-order valence-corrected chi connectivity index (χ2v) is 6.21. The quantitative estimate of drug-likeness (QED) is 0.822. The van der Waals surface area contributed by atoms with Crippen molar-refractivity contribution in [2.24, 2.45) is 0 Å². The van der Waals surface area contributed by atoms with Crippen molar-refractivity contribution >= 4 is 11.3 Å². The van der Waals surface area contributed by atoms with Gasteiger partial charge in [0.2, 0.25) is 0 Å². The SMILES string of the molecule is Cc1nc(-c2ccc(C(C)(C)C)cc2)sc1O. The maximum absolute atomic E-state index is 9.54. The zero-order valence-electron chi connectivity index (χ0n) is 10.6. The lowest BCUT2D eigenvalue weighted by Crippen LogP contribution is -2.10. The van der Waals surface area contributed by atoms with Gasteiger partial charge in [-0.1, -0.05) is 56.4 Å². The highest BCUT2D eigenvalue weighted by atomic mass is 32.1. The maximum atomic E-state index is 9.54. The number of thiazole rings is 1. The third-order valence-electron chi connectivity index (χ3n) is 2.77. The van der Waals surface area contributed by atoms with E-state index in [1.807, 2.05) is 6.92 Å². The van der Waals surface area contributed by atoms with Gasteiger partial charge >= 0.3 is 0 Å². The van der Waals surface area contributed by atoms with Crippen LogP contribution in [0.25, 0.3) is 10.6 Å². The molecule has 0 radical (unpaired) electrons. The zero-order chi connectivity index (χ0) is 12.6. The van der Waals surface area contributed by atoms with Crippen molar-refractivity contribution in [3.05, 3.63) is 35.5 Å². The lowest BCUT2D eigenvalue weighted by atomic mass is 9.87. The molecule has 90 valence electrons. The number of aromatic hydroxyl groups is 1. The summed E-state index contributed by atoms with van der Waals surface area (Å²) >= 11 is 1.33. The van der Waals surface area contributed by atoms with E-state index in [-0.39, 0.29) is 5.41 Å². The van der Waals surface area contributed by atoms with Crippen molar-refractivity contribution in [1.29, 1.82) is 0 Å². The van der Waals surface area contributed by atoms with Crippen molar-refractivity contribution in [2.45, 2.75) is 33.1 Å². The molecule has 0 fully saturated rings. The second kappa shape index (κ2) is 4.15. The van der Waals surface area contributed by atoms with Crippen molar-refractivity contribution in [3.8, 4) is 15.6 Å². The zero-order valence-corrected chi connectivity index (χ0v) is 11.4. The van der Waals surface area contributed by atoms with Gasteiger partial charge in [0.25, 0.3) is 0 Å². The molecule has 2 aromatic rings. The largest absolute Gasteiger partial charge is 0.498 e. The summed E-state index contributed by atoms with van der Waals surface area (Å²) < 4.78 is 0. The van der Waals surface area contributed by atoms with E-state index in [4.69, 9.17) is 0 Å². The number of hydrogen-bond donors (Lipinski definition) is 1. The van der Waals surface area contributed by atoms with E-state index in [1.165, 1.54) is 16.9 Å². The van der Waals surface area contributed by atoms with Gasteiger partial charge in [0.15, 0.2) is 5.06 Å². The number of aromatic nitrogens is 1. The summed E-state index contributed by atoms with van der Waals surface area (Å²) in [6, 6.07) is 8.39. The van der Waals surface area contributed by atoms with Gasteiger partial charge in [0.1, 0.15) is 5.01 Å². The van der Waals surface area contributed by atoms with Gasteiger partial charge in [-0.05, 0) is 17.9 Å². The minimum absolute atomic E-state index is 0.166. The average molecular weight is 247 g/mol. The third kappa shape index (κ3) is 2.50. The second-order valence-electron chi connectivity index (χ2n) is 5.24. The average Bonchev–Trinajstić information content (AvgIpc) is 2.58. The van der Waals surface area contributed by atoms with Crippen molar-refractivity contribution in [2.75, 3.05) is 0 Å². The van der Waals surface area contributed by atoms with Crippen LogP contribution in [0.1, 0.15) is 32.0 Å². The van der Waals surface area contributed by atoms with E-state index < -0.39 is 0 Å². The Kier molecular flexibility index (Phi) is 2.96. The summed E-state index contributed by atoms with van der Waals surface area (Å²) in [4.78, 5) is 4.34. The molecule has 0 saturated heterocycles. The number of hydrogen-bond acceptors (Lipinski definition) is 3. The number of rotatable bonds is 1. The molecule has 0 bridgehead atoms. The van der Waals surface area contributed by atoms with Gasteiger partial charge in [-0.15, -0.1) is 0 Å². The Hall–Kier alpha value is -1.35. The first kappa shape index (κ1) is 12.1. The van der Waals surface area contributed by atoms with E-state index in [1.54, 1.807) is 0 Å². The van der Waals surface area contributed by atoms with Crippen molar-refractivity contribution in [3.63, 3.8) is 0 Å². The number of benzene rings is 1. The van der Waals surface area contributed by atoms with Gasteiger partial charge < -0.3 is 5.11 Å². The van der Waals surface area contributed by atoms with E-state index in [9.17, 15) is 5.11 Å². The fourth-order valence-corrected chi connectivity index (χ4v) is 2.44. The summed E-state index contributed by atoms with van der Waals surface area (Å²) in [5.41, 5.74) is 3.23. The normalized spacial score (nSPS) is 11.8. The van der Waals surface area contributed by atoms with Gasteiger partial charge in [-0.25, -0.2) is 4.98 Å². The topological polar surface area (TPSA) is 33.1 Å². The first-order valence-corrected chi connectivity index (χ1v) is 6.47. The summed E-state index contributed by atoms with van der Waals surface area (Å²) in [6.45, 7) is 8.41. The molecule has 2 rings (SSSR count). The summed E-state index contributed by atoms with van der Waals surface area (Å²) in [5, 5.41) is 10.7. The minimum Gasteiger partial charge on any atom is -0.498 e. The molecular formula is C14H17NOS. The Morgan fingerprint density at radius 2 is 1.71 bits per heavy atom. The fourth-order valence-electron chi connectivity index (χ4n) is 1.62. The van der Waals surface area contributed by atoms with Crippen molar-refractivity contribution < 1.29 is 5.11 Å². The predicted molar refractivity (Wildman–Crippen MR) is 72.7 cm³/mol. The summed E-state index contributed by atoms with van der Waals surface area (Å²) in [5.74, 6) is 0. The predicted octanol–water partition coefficient (Wildman–Crippen LogP) is 4.12. The molecule has 0 aliphatic heterocycles. The van der Waals surface area contributed by atoms with Crippen LogP contribution in [0.3, 0.4) is 0 Å². The fraction of sp³-hybridized carbons (Fsp3) is 0.357. The lowest BCUT2D eigenvalue weighted by Gasteiger charge is -2.18. The third-order valence-corrected chi connectivity index (χ3v) is 3.78. The molecule has 0 unspecified atom stereocenters. The molecule has 3 heteroatoms. The van der Waals surface area contributed by atoms with Gasteiger partial charge in [-0.2, -0.15) is 0 Å². The molecule has 0 atom stereocenters. The van der Waals surface area contributed by atoms with Crippen LogP contribution in [0, 0.1) is 6.92 Å². The van der Waals surface area contributed by atoms with Crippen LogP contribution in [0.2, 0.25) is 0 Å². The molecular weight excluding hydrogens is 230 g/mol. The van der Waals surface area contributed by atoms with Gasteiger partial charge in [0.05, 0.1) is 5.69 Å². The van der Waals surface area contributed by atoms with Crippen LogP contribution < -0.4 is 0 Å². The number of aryl methyl sites for hydroxylation is 1. The van der Waals surface area contributed by atoms with Crippen LogP contribution in [0.4, 0.5) is 0 Å². The van der Waals surface area contributed by atoms with E-state index in [0.29, 0.717) is 10.8 Å². The lowest BCUT2D eigenvalue weighted by molar-refractivity contribution is 0.485. The maximum Gasteiger partial charge on any atom is 0.195 e. The smallest absolute Gasteiger partial charge is 0.195 e. The standard InChI is InChI=1S/C14H17NOS/c1-9-13(16)17-12(15-9)10-5-7-11(8-6-10)14(2,3)4/h5-8,16H,1-4H3. The number of nitrogens with zero attached hydrogens (tertiary/aromatic N) is 1. The monoisotopic (exact) mass is 247 g/mol. The van der Waals surface area contributed by atoms with Gasteiger partial charge in [-0.3, -0.25) is 0 Å². The summed E-state index contributed by atoms with van der Waals surface area (Å²) in [6.07, 6.45) is 0. The molecule has 0 amide bonds. The van der Waals surface area contributed by atoms with Crippen molar-refractivity contribution in [1.82, 2.24) is 4.98 Å². The van der Waals surface area contributed by atoms with Gasteiger partial charge in [0, 0.05) is 5.56 Å². The Balaban J connectivity index is 2.36. The van der Waals surface area contributed by atoms with Crippen LogP contribution in [-0.2, 0) is 5.41 Å². The van der Waals surface area contributed by atoms with E-state index in [0.717, 1.165) is 10.6 Å². The molecule has 17 heavy (non-hydrogen) atoms. The Labute approximate surface area is 106 Å².